The van der Waals surface area contributed by atoms with Gasteiger partial charge in [-0.25, -0.2) is 9.37 Å². The van der Waals surface area contributed by atoms with E-state index in [1.54, 1.807) is 18.3 Å². The van der Waals surface area contributed by atoms with E-state index in [0.717, 1.165) is 5.56 Å². The minimum absolute atomic E-state index is 0.0500. The van der Waals surface area contributed by atoms with Gasteiger partial charge in [0.25, 0.3) is 5.91 Å². The number of amides is 1. The minimum atomic E-state index is -0.986. The zero-order valence-electron chi connectivity index (χ0n) is 16.9. The number of hydrogen-bond donors (Lipinski definition) is 4. The summed E-state index contributed by atoms with van der Waals surface area (Å²) in [7, 11) is 0. The average Bonchev–Trinajstić information content (AvgIpc) is 3.30. The number of nitrogens with one attached hydrogen (secondary N) is 3. The standard InChI is InChI=1S/C24H20FN5O2/c25-17-9-4-10-21(31)22(17)19(12-18(26)16-8-5-11-27-13-16)30-24(32)20-14-28-23(29-20)15-6-2-1-3-7-15/h1-11,13-14,19,26,31H,12H2,(H,28,29)(H,30,32). The molecule has 2 aromatic carbocycles. The van der Waals surface area contributed by atoms with Gasteiger partial charge in [-0.15, -0.1) is 0 Å². The van der Waals surface area contributed by atoms with Gasteiger partial charge in [-0.2, -0.15) is 0 Å². The molecule has 160 valence electrons. The van der Waals surface area contributed by atoms with E-state index in [4.69, 9.17) is 5.41 Å². The van der Waals surface area contributed by atoms with Crippen LogP contribution in [0, 0.1) is 11.2 Å². The van der Waals surface area contributed by atoms with Gasteiger partial charge in [0.1, 0.15) is 23.1 Å². The van der Waals surface area contributed by atoms with Crippen molar-refractivity contribution in [2.24, 2.45) is 0 Å². The third-order valence-corrected chi connectivity index (χ3v) is 4.97. The molecule has 1 unspecified atom stereocenters. The molecule has 0 aliphatic heterocycles. The molecular formula is C24H20FN5O2. The van der Waals surface area contributed by atoms with Crippen LogP contribution in [0.15, 0.2) is 79.3 Å². The molecule has 4 rings (SSSR count). The van der Waals surface area contributed by atoms with Crippen LogP contribution in [-0.2, 0) is 0 Å². The van der Waals surface area contributed by atoms with Gasteiger partial charge in [0.05, 0.1) is 17.8 Å². The molecule has 0 aliphatic carbocycles. The second-order valence-corrected chi connectivity index (χ2v) is 7.13. The van der Waals surface area contributed by atoms with Crippen molar-refractivity contribution in [2.75, 3.05) is 0 Å². The molecule has 0 radical (unpaired) electrons. The lowest BCUT2D eigenvalue weighted by Crippen LogP contribution is -2.31. The van der Waals surface area contributed by atoms with Gasteiger partial charge in [0.2, 0.25) is 0 Å². The summed E-state index contributed by atoms with van der Waals surface area (Å²) in [5.41, 5.74) is 1.58. The molecule has 7 nitrogen and oxygen atoms in total. The van der Waals surface area contributed by atoms with Gasteiger partial charge >= 0.3 is 0 Å². The molecule has 0 spiro atoms. The molecule has 1 amide bonds. The van der Waals surface area contributed by atoms with Crippen molar-refractivity contribution >= 4 is 11.6 Å². The Hall–Kier alpha value is -4.33. The van der Waals surface area contributed by atoms with Crippen molar-refractivity contribution in [3.63, 3.8) is 0 Å². The van der Waals surface area contributed by atoms with Crippen LogP contribution in [0.2, 0.25) is 0 Å². The molecule has 0 aliphatic rings. The number of rotatable bonds is 7. The van der Waals surface area contributed by atoms with Crippen LogP contribution >= 0.6 is 0 Å². The Morgan fingerprint density at radius 3 is 2.62 bits per heavy atom. The number of pyridine rings is 1. The fourth-order valence-corrected chi connectivity index (χ4v) is 3.37. The maximum atomic E-state index is 14.6. The third kappa shape index (κ3) is 4.54. The first-order valence-electron chi connectivity index (χ1n) is 9.89. The molecule has 32 heavy (non-hydrogen) atoms. The SMILES string of the molecule is N=C(CC(NC(=O)c1cnc(-c2ccccc2)[nH]1)c1c(O)cccc1F)c1cccnc1. The van der Waals surface area contributed by atoms with Crippen LogP contribution in [0.5, 0.6) is 5.75 Å². The van der Waals surface area contributed by atoms with E-state index < -0.39 is 17.8 Å². The van der Waals surface area contributed by atoms with Crippen molar-refractivity contribution in [1.29, 1.82) is 5.41 Å². The normalized spacial score (nSPS) is 11.7. The van der Waals surface area contributed by atoms with Crippen LogP contribution in [0.3, 0.4) is 0 Å². The summed E-state index contributed by atoms with van der Waals surface area (Å²) in [5, 5.41) is 21.4. The van der Waals surface area contributed by atoms with E-state index in [-0.39, 0.29) is 29.1 Å². The number of carbonyl (C=O) groups is 1. The fourth-order valence-electron chi connectivity index (χ4n) is 3.37. The summed E-state index contributed by atoms with van der Waals surface area (Å²) in [6, 6.07) is 15.6. The van der Waals surface area contributed by atoms with Crippen LogP contribution in [0.25, 0.3) is 11.4 Å². The lowest BCUT2D eigenvalue weighted by molar-refractivity contribution is 0.0932. The molecule has 8 heteroatoms. The van der Waals surface area contributed by atoms with Gasteiger partial charge in [-0.3, -0.25) is 9.78 Å². The Kier molecular flexibility index (Phi) is 6.03. The maximum absolute atomic E-state index is 14.6. The van der Waals surface area contributed by atoms with Gasteiger partial charge in [-0.1, -0.05) is 42.5 Å². The van der Waals surface area contributed by atoms with Gasteiger partial charge in [-0.05, 0) is 18.2 Å². The van der Waals surface area contributed by atoms with Crippen molar-refractivity contribution < 1.29 is 14.3 Å². The van der Waals surface area contributed by atoms with Crippen molar-refractivity contribution in [2.45, 2.75) is 12.5 Å². The van der Waals surface area contributed by atoms with Crippen LogP contribution in [0.1, 0.15) is 34.1 Å². The predicted molar refractivity (Wildman–Crippen MR) is 118 cm³/mol. The molecular weight excluding hydrogens is 409 g/mol. The lowest BCUT2D eigenvalue weighted by Gasteiger charge is -2.21. The number of phenols is 1. The molecule has 0 fully saturated rings. The van der Waals surface area contributed by atoms with Crippen molar-refractivity contribution in [3.8, 4) is 17.1 Å². The summed E-state index contributed by atoms with van der Waals surface area (Å²) >= 11 is 0. The number of halogens is 1. The summed E-state index contributed by atoms with van der Waals surface area (Å²) in [6.07, 6.45) is 4.44. The van der Waals surface area contributed by atoms with E-state index in [1.807, 2.05) is 30.3 Å². The first kappa shape index (κ1) is 20.9. The summed E-state index contributed by atoms with van der Waals surface area (Å²) in [5.74, 6) is -0.997. The zero-order chi connectivity index (χ0) is 22.5. The molecule has 4 N–H and O–H groups in total. The van der Waals surface area contributed by atoms with E-state index >= 15 is 0 Å². The number of nitrogens with zero attached hydrogens (tertiary/aromatic N) is 2. The van der Waals surface area contributed by atoms with E-state index in [2.05, 4.69) is 20.3 Å². The number of hydrogen-bond acceptors (Lipinski definition) is 5. The van der Waals surface area contributed by atoms with Crippen molar-refractivity contribution in [1.82, 2.24) is 20.3 Å². The number of H-pyrrole nitrogens is 1. The Bertz CT molecular complexity index is 1220. The first-order chi connectivity index (χ1) is 15.5. The number of aromatic amines is 1. The Labute approximate surface area is 183 Å². The molecule has 0 saturated carbocycles. The molecule has 0 saturated heterocycles. The second-order valence-electron chi connectivity index (χ2n) is 7.13. The quantitative estimate of drug-likeness (QED) is 0.329. The Morgan fingerprint density at radius 1 is 1.09 bits per heavy atom. The molecule has 4 aromatic rings. The average molecular weight is 429 g/mol. The number of aromatic hydroxyl groups is 1. The van der Waals surface area contributed by atoms with Gasteiger partial charge in [0.15, 0.2) is 0 Å². The summed E-state index contributed by atoms with van der Waals surface area (Å²) < 4.78 is 14.6. The first-order valence-corrected chi connectivity index (χ1v) is 9.89. The van der Waals surface area contributed by atoms with E-state index in [1.165, 1.54) is 30.6 Å². The number of benzene rings is 2. The number of imidazole rings is 1. The van der Waals surface area contributed by atoms with Crippen LogP contribution in [0.4, 0.5) is 4.39 Å². The smallest absolute Gasteiger partial charge is 0.269 e. The van der Waals surface area contributed by atoms with Crippen LogP contribution < -0.4 is 5.32 Å². The lowest BCUT2D eigenvalue weighted by atomic mass is 9.96. The highest BCUT2D eigenvalue weighted by Gasteiger charge is 2.25. The van der Waals surface area contributed by atoms with Gasteiger partial charge in [0, 0.05) is 35.7 Å². The second kappa shape index (κ2) is 9.22. The monoisotopic (exact) mass is 429 g/mol. The highest BCUT2D eigenvalue weighted by atomic mass is 19.1. The molecule has 2 aromatic heterocycles. The molecule has 0 bridgehead atoms. The Morgan fingerprint density at radius 2 is 1.91 bits per heavy atom. The molecule has 2 heterocycles. The topological polar surface area (TPSA) is 115 Å². The van der Waals surface area contributed by atoms with Crippen LogP contribution in [-0.4, -0.2) is 31.7 Å². The fraction of sp³-hybridized carbons (Fsp3) is 0.0833. The third-order valence-electron chi connectivity index (χ3n) is 4.97. The number of phenolic OH excluding ortho intramolecular Hbond substituents is 1. The predicted octanol–water partition coefficient (Wildman–Crippen LogP) is 4.25. The largest absolute Gasteiger partial charge is 0.507 e. The van der Waals surface area contributed by atoms with E-state index in [0.29, 0.717) is 11.4 Å². The van der Waals surface area contributed by atoms with E-state index in [9.17, 15) is 14.3 Å². The number of carbonyl (C=O) groups excluding carboxylic acids is 1. The Balaban J connectivity index is 1.61. The number of aromatic nitrogens is 3. The van der Waals surface area contributed by atoms with Crippen molar-refractivity contribution in [3.05, 3.63) is 102 Å². The summed E-state index contributed by atoms with van der Waals surface area (Å²) in [6.45, 7) is 0. The minimum Gasteiger partial charge on any atom is -0.507 e. The van der Waals surface area contributed by atoms with Gasteiger partial charge < -0.3 is 20.8 Å². The maximum Gasteiger partial charge on any atom is 0.269 e. The highest BCUT2D eigenvalue weighted by Crippen LogP contribution is 2.30. The molecule has 1 atom stereocenters. The zero-order valence-corrected chi connectivity index (χ0v) is 16.9. The highest BCUT2D eigenvalue weighted by molar-refractivity contribution is 5.99. The summed E-state index contributed by atoms with van der Waals surface area (Å²) in [4.78, 5) is 24.1.